The van der Waals surface area contributed by atoms with Gasteiger partial charge in [0.25, 0.3) is 0 Å². The Balaban J connectivity index is 0.000000263. The lowest BCUT2D eigenvalue weighted by Gasteiger charge is -2.58. The van der Waals surface area contributed by atoms with Crippen LogP contribution < -0.4 is 0 Å². The molecule has 4 aliphatic rings. The van der Waals surface area contributed by atoms with Gasteiger partial charge in [-0.25, -0.2) is 0 Å². The lowest BCUT2D eigenvalue weighted by Crippen LogP contribution is -2.56. The van der Waals surface area contributed by atoms with Crippen molar-refractivity contribution in [2.45, 2.75) is 64.8 Å². The van der Waals surface area contributed by atoms with Crippen molar-refractivity contribution in [1.29, 1.82) is 0 Å². The van der Waals surface area contributed by atoms with Gasteiger partial charge < -0.3 is 30.0 Å². The van der Waals surface area contributed by atoms with Crippen LogP contribution in [0.3, 0.4) is 0 Å². The molecule has 0 radical (unpaired) electrons. The first kappa shape index (κ1) is 30.3. The number of ether oxygens (including phenoxy) is 1. The molecule has 10 nitrogen and oxygen atoms in total. The van der Waals surface area contributed by atoms with Crippen LogP contribution in [0.4, 0.5) is 0 Å². The van der Waals surface area contributed by atoms with E-state index in [1.165, 1.54) is 5.57 Å². The topological polar surface area (TPSA) is 163 Å². The maximum Gasteiger partial charge on any atom is 0.223 e. The number of nitrogens with zero attached hydrogens (tertiary/aromatic N) is 1. The highest BCUT2D eigenvalue weighted by Gasteiger charge is 2.62. The number of ketones is 2. The minimum atomic E-state index is -2.39. The molecular weight excluding hydrogens is 494 g/mol. The average Bonchev–Trinajstić information content (AvgIpc) is 3.19. The van der Waals surface area contributed by atoms with Crippen LogP contribution in [0.5, 0.6) is 0 Å². The predicted molar refractivity (Wildman–Crippen MR) is 138 cm³/mol. The van der Waals surface area contributed by atoms with Gasteiger partial charge in [-0.05, 0) is 61.9 Å². The third-order valence-corrected chi connectivity index (χ3v) is 9.26. The van der Waals surface area contributed by atoms with Crippen LogP contribution >= 0.6 is 0 Å². The zero-order chi connectivity index (χ0) is 28.3. The minimum absolute atomic E-state index is 0.0203. The maximum absolute atomic E-state index is 12.3. The molecule has 3 fully saturated rings. The van der Waals surface area contributed by atoms with Crippen LogP contribution in [0.1, 0.15) is 52.9 Å². The van der Waals surface area contributed by atoms with Gasteiger partial charge in [-0.2, -0.15) is 0 Å². The Morgan fingerprint density at radius 3 is 2.55 bits per heavy atom. The molecule has 0 aromatic heterocycles. The molecule has 7 unspecified atom stereocenters. The molecule has 7 atom stereocenters. The average molecular weight is 536 g/mol. The van der Waals surface area contributed by atoms with Gasteiger partial charge in [-0.15, -0.1) is 4.91 Å². The second-order valence-corrected chi connectivity index (χ2v) is 11.6. The lowest BCUT2D eigenvalue weighted by atomic mass is 9.46. The Bertz CT molecular complexity index is 983. The van der Waals surface area contributed by atoms with Gasteiger partial charge in [0.1, 0.15) is 19.8 Å². The third-order valence-electron chi connectivity index (χ3n) is 9.26. The standard InChI is InChI=1S/C22H30O3.C6H11NO6/c1-13-8-9-21(2)14(10-13)4-5-15-16-6-7-17(19(25)12-23)22(16,3)11-18(24)20(15)21;1-6(9,10)5(8)4-12-2-3-13-7-11/h8-10,15-18,20,23-24H,1,4-7,11-12H2,2-3H3;9-10H,2-4H2,1H3. The van der Waals surface area contributed by atoms with E-state index in [1.807, 2.05) is 0 Å². The summed E-state index contributed by atoms with van der Waals surface area (Å²) >= 11 is 0. The van der Waals surface area contributed by atoms with Gasteiger partial charge in [0.2, 0.25) is 11.6 Å². The van der Waals surface area contributed by atoms with Crippen molar-refractivity contribution >= 4 is 11.6 Å². The van der Waals surface area contributed by atoms with Gasteiger partial charge in [0, 0.05) is 17.3 Å². The van der Waals surface area contributed by atoms with Gasteiger partial charge in [0.05, 0.1) is 12.7 Å². The summed E-state index contributed by atoms with van der Waals surface area (Å²) in [5.74, 6) is -2.24. The molecule has 0 spiro atoms. The van der Waals surface area contributed by atoms with Gasteiger partial charge in [0.15, 0.2) is 11.1 Å². The molecule has 212 valence electrons. The number of carbonyl (C=O) groups excluding carboxylic acids is 2. The first-order valence-corrected chi connectivity index (χ1v) is 13.2. The molecule has 0 aromatic rings. The summed E-state index contributed by atoms with van der Waals surface area (Å²) in [6.07, 6.45) is 10.9. The van der Waals surface area contributed by atoms with Crippen LogP contribution in [0.25, 0.3) is 0 Å². The van der Waals surface area contributed by atoms with Crippen LogP contribution in [0.2, 0.25) is 0 Å². The monoisotopic (exact) mass is 535 g/mol. The van der Waals surface area contributed by atoms with E-state index in [9.17, 15) is 24.7 Å². The summed E-state index contributed by atoms with van der Waals surface area (Å²) in [4.78, 5) is 36.4. The van der Waals surface area contributed by atoms with Crippen molar-refractivity contribution in [1.82, 2.24) is 0 Å². The number of aliphatic hydroxyl groups is 4. The van der Waals surface area contributed by atoms with E-state index in [4.69, 9.17) is 10.2 Å². The number of hydrogen-bond donors (Lipinski definition) is 4. The Morgan fingerprint density at radius 2 is 1.92 bits per heavy atom. The van der Waals surface area contributed by atoms with Crippen LogP contribution in [0, 0.1) is 39.4 Å². The molecule has 10 heteroatoms. The summed E-state index contributed by atoms with van der Waals surface area (Å²) in [6, 6.07) is 0. The number of rotatable bonds is 9. The fourth-order valence-corrected chi connectivity index (χ4v) is 7.48. The summed E-state index contributed by atoms with van der Waals surface area (Å²) < 4.78 is 4.63. The number of carbonyl (C=O) groups is 2. The number of aliphatic hydroxyl groups excluding tert-OH is 2. The third kappa shape index (κ3) is 5.99. The molecule has 4 rings (SSSR count). The van der Waals surface area contributed by atoms with Crippen LogP contribution in [-0.2, 0) is 19.2 Å². The molecule has 0 aliphatic heterocycles. The van der Waals surface area contributed by atoms with Crippen molar-refractivity contribution in [2.75, 3.05) is 26.4 Å². The lowest BCUT2D eigenvalue weighted by molar-refractivity contribution is -0.180. The second-order valence-electron chi connectivity index (χ2n) is 11.6. The van der Waals surface area contributed by atoms with Crippen molar-refractivity contribution in [3.05, 3.63) is 40.9 Å². The molecule has 0 aromatic carbocycles. The van der Waals surface area contributed by atoms with E-state index in [1.54, 1.807) is 0 Å². The quantitative estimate of drug-likeness (QED) is 0.150. The highest BCUT2D eigenvalue weighted by Crippen LogP contribution is 2.66. The van der Waals surface area contributed by atoms with Crippen LogP contribution in [0.15, 0.2) is 41.3 Å². The highest BCUT2D eigenvalue weighted by molar-refractivity contribution is 5.86. The van der Waals surface area contributed by atoms with E-state index in [-0.39, 0.29) is 48.3 Å². The summed E-state index contributed by atoms with van der Waals surface area (Å²) in [5.41, 5.74) is 2.20. The molecule has 3 saturated carbocycles. The Morgan fingerprint density at radius 1 is 1.21 bits per heavy atom. The molecule has 38 heavy (non-hydrogen) atoms. The largest absolute Gasteiger partial charge is 0.393 e. The van der Waals surface area contributed by atoms with E-state index in [0.717, 1.165) is 38.2 Å². The maximum atomic E-state index is 12.3. The predicted octanol–water partition coefficient (Wildman–Crippen LogP) is 2.40. The van der Waals surface area contributed by atoms with Gasteiger partial charge >= 0.3 is 0 Å². The van der Waals surface area contributed by atoms with Crippen molar-refractivity contribution in [3.8, 4) is 0 Å². The van der Waals surface area contributed by atoms with Crippen molar-refractivity contribution < 1.29 is 39.6 Å². The normalized spacial score (nSPS) is 35.6. The fraction of sp³-hybridized carbons (Fsp3) is 0.714. The molecule has 0 saturated heterocycles. The SMILES string of the molecule is C=C1C=CC2(C)C(=C1)CCC1C2C(O)CC2(C)C(C(=O)CO)CCC12.CC(O)(O)C(=O)COCCON=O. The first-order valence-electron chi connectivity index (χ1n) is 13.2. The molecule has 0 bridgehead atoms. The molecule has 0 heterocycles. The fourth-order valence-electron chi connectivity index (χ4n) is 7.48. The number of hydrogen-bond acceptors (Lipinski definition) is 10. The van der Waals surface area contributed by atoms with E-state index in [0.29, 0.717) is 18.3 Å². The molecule has 4 N–H and O–H groups in total. The highest BCUT2D eigenvalue weighted by atomic mass is 16.7. The minimum Gasteiger partial charge on any atom is -0.393 e. The van der Waals surface area contributed by atoms with Crippen molar-refractivity contribution in [3.63, 3.8) is 0 Å². The van der Waals surface area contributed by atoms with E-state index >= 15 is 0 Å². The van der Waals surface area contributed by atoms with Gasteiger partial charge in [-0.3, -0.25) is 9.59 Å². The summed E-state index contributed by atoms with van der Waals surface area (Å²) in [5, 5.41) is 40.1. The van der Waals surface area contributed by atoms with Gasteiger partial charge in [-0.1, -0.05) is 44.2 Å². The Kier molecular flexibility index (Phi) is 9.47. The van der Waals surface area contributed by atoms with E-state index in [2.05, 4.69) is 53.6 Å². The molecule has 4 aliphatic carbocycles. The number of Topliss-reactive ketones (excluding diaryl/α,β-unsaturated/α-hetero) is 2. The smallest absolute Gasteiger partial charge is 0.223 e. The zero-order valence-corrected chi connectivity index (χ0v) is 22.5. The zero-order valence-electron chi connectivity index (χ0n) is 22.5. The summed E-state index contributed by atoms with van der Waals surface area (Å²) in [6.45, 7) is 8.55. The van der Waals surface area contributed by atoms with Crippen molar-refractivity contribution in [2.24, 2.45) is 39.8 Å². The summed E-state index contributed by atoms with van der Waals surface area (Å²) in [7, 11) is 0. The second kappa shape index (κ2) is 11.9. The van der Waals surface area contributed by atoms with E-state index < -0.39 is 24.3 Å². The first-order chi connectivity index (χ1) is 17.8. The number of fused-ring (bicyclic) bond motifs is 5. The van der Waals surface area contributed by atoms with Crippen LogP contribution in [-0.4, -0.2) is 70.3 Å². The molecule has 0 amide bonds. The Hall–Kier alpha value is -2.24. The molecular formula is C28H41NO9. The Labute approximate surface area is 223 Å². The number of allylic oxidation sites excluding steroid dienone is 5.